The molecule has 0 unspecified atom stereocenters. The van der Waals surface area contributed by atoms with Gasteiger partial charge >= 0.3 is 5.97 Å². The van der Waals surface area contributed by atoms with Crippen LogP contribution in [0.4, 0.5) is 0 Å². The highest BCUT2D eigenvalue weighted by molar-refractivity contribution is 6.04. The fourth-order valence-electron chi connectivity index (χ4n) is 1.71. The topological polar surface area (TPSA) is 98.2 Å². The lowest BCUT2D eigenvalue weighted by molar-refractivity contribution is -0.137. The Bertz CT molecular complexity index is 616. The van der Waals surface area contributed by atoms with Crippen LogP contribution in [0.1, 0.15) is 16.1 Å². The minimum absolute atomic E-state index is 0.0984. The lowest BCUT2D eigenvalue weighted by Gasteiger charge is -1.99. The molecule has 88 valence electrons. The molecule has 2 rings (SSSR count). The third-order valence-corrected chi connectivity index (χ3v) is 2.43. The number of rotatable bonds is 3. The van der Waals surface area contributed by atoms with Crippen molar-refractivity contribution in [2.45, 2.75) is 13.5 Å². The van der Waals surface area contributed by atoms with E-state index in [-0.39, 0.29) is 12.2 Å². The Morgan fingerprint density at radius 3 is 2.76 bits per heavy atom. The number of carboxylic acids is 1. The third kappa shape index (κ3) is 1.96. The van der Waals surface area contributed by atoms with E-state index in [4.69, 9.17) is 10.8 Å². The van der Waals surface area contributed by atoms with Crippen molar-refractivity contribution in [3.05, 3.63) is 29.5 Å². The molecule has 6 nitrogen and oxygen atoms in total. The van der Waals surface area contributed by atoms with E-state index in [0.29, 0.717) is 10.9 Å². The summed E-state index contributed by atoms with van der Waals surface area (Å²) < 4.78 is 1.27. The first-order chi connectivity index (χ1) is 7.99. The molecule has 0 spiro atoms. The molecule has 0 aliphatic carbocycles. The number of aryl methyl sites for hydroxylation is 1. The number of nitrogens with two attached hydrogens (primary N) is 1. The molecule has 2 aromatic rings. The Balaban J connectivity index is 2.70. The number of carbonyl (C=O) groups is 2. The van der Waals surface area contributed by atoms with Crippen molar-refractivity contribution in [2.75, 3.05) is 0 Å². The van der Waals surface area contributed by atoms with Gasteiger partial charge in [-0.3, -0.25) is 14.3 Å². The van der Waals surface area contributed by atoms with Crippen LogP contribution in [0.5, 0.6) is 0 Å². The van der Waals surface area contributed by atoms with Crippen LogP contribution in [0.15, 0.2) is 18.2 Å². The number of aliphatic carboxylic acids is 1. The van der Waals surface area contributed by atoms with Crippen molar-refractivity contribution < 1.29 is 14.7 Å². The Hall–Kier alpha value is -2.37. The van der Waals surface area contributed by atoms with E-state index < -0.39 is 11.9 Å². The van der Waals surface area contributed by atoms with Crippen LogP contribution in [-0.2, 0) is 11.3 Å². The van der Waals surface area contributed by atoms with Gasteiger partial charge in [0, 0.05) is 5.39 Å². The van der Waals surface area contributed by atoms with Crippen molar-refractivity contribution in [3.8, 4) is 0 Å². The lowest BCUT2D eigenvalue weighted by atomic mass is 10.1. The van der Waals surface area contributed by atoms with E-state index in [9.17, 15) is 9.59 Å². The van der Waals surface area contributed by atoms with Gasteiger partial charge in [0.05, 0.1) is 5.52 Å². The highest BCUT2D eigenvalue weighted by atomic mass is 16.4. The molecular formula is C11H11N3O3. The van der Waals surface area contributed by atoms with Crippen LogP contribution in [0.25, 0.3) is 10.9 Å². The number of benzene rings is 1. The number of hydrogen-bond donors (Lipinski definition) is 2. The number of hydrogen-bond acceptors (Lipinski definition) is 3. The minimum Gasteiger partial charge on any atom is -0.480 e. The van der Waals surface area contributed by atoms with Crippen LogP contribution in [0, 0.1) is 6.92 Å². The lowest BCUT2D eigenvalue weighted by Crippen LogP contribution is -2.14. The average Bonchev–Trinajstić information content (AvgIpc) is 2.56. The number of amides is 1. The van der Waals surface area contributed by atoms with Crippen molar-refractivity contribution in [3.63, 3.8) is 0 Å². The zero-order valence-corrected chi connectivity index (χ0v) is 9.17. The van der Waals surface area contributed by atoms with Crippen LogP contribution >= 0.6 is 0 Å². The Morgan fingerprint density at radius 1 is 1.47 bits per heavy atom. The molecule has 0 saturated heterocycles. The number of primary amides is 1. The van der Waals surface area contributed by atoms with Gasteiger partial charge in [-0.2, -0.15) is 5.10 Å². The van der Waals surface area contributed by atoms with E-state index >= 15 is 0 Å². The molecule has 0 saturated carbocycles. The predicted octanol–water partition coefficient (Wildman–Crippen LogP) is 0.528. The monoisotopic (exact) mass is 233 g/mol. The fourth-order valence-corrected chi connectivity index (χ4v) is 1.71. The summed E-state index contributed by atoms with van der Waals surface area (Å²) in [5.41, 5.74) is 6.85. The van der Waals surface area contributed by atoms with Crippen molar-refractivity contribution in [2.24, 2.45) is 5.73 Å². The second kappa shape index (κ2) is 3.89. The molecular weight excluding hydrogens is 222 g/mol. The van der Waals surface area contributed by atoms with Crippen LogP contribution in [0.2, 0.25) is 0 Å². The first-order valence-electron chi connectivity index (χ1n) is 4.98. The van der Waals surface area contributed by atoms with Crippen molar-refractivity contribution >= 4 is 22.8 Å². The highest BCUT2D eigenvalue weighted by Gasteiger charge is 2.15. The number of aromatic nitrogens is 2. The van der Waals surface area contributed by atoms with Gasteiger partial charge in [-0.25, -0.2) is 0 Å². The molecule has 0 aliphatic heterocycles. The Kier molecular flexibility index (Phi) is 2.55. The molecule has 0 radical (unpaired) electrons. The average molecular weight is 233 g/mol. The summed E-state index contributed by atoms with van der Waals surface area (Å²) in [6.45, 7) is 1.58. The first-order valence-corrected chi connectivity index (χ1v) is 4.98. The van der Waals surface area contributed by atoms with Gasteiger partial charge < -0.3 is 10.8 Å². The maximum absolute atomic E-state index is 11.2. The number of nitrogens with zero attached hydrogens (tertiary/aromatic N) is 2. The summed E-state index contributed by atoms with van der Waals surface area (Å²) in [6, 6.07) is 5.31. The second-order valence-corrected chi connectivity index (χ2v) is 3.78. The molecule has 0 fully saturated rings. The summed E-state index contributed by atoms with van der Waals surface area (Å²) in [6.07, 6.45) is 0. The van der Waals surface area contributed by atoms with E-state index in [1.54, 1.807) is 12.1 Å². The molecule has 17 heavy (non-hydrogen) atoms. The number of fused-ring (bicyclic) bond motifs is 1. The van der Waals surface area contributed by atoms with E-state index in [2.05, 4.69) is 5.10 Å². The second-order valence-electron chi connectivity index (χ2n) is 3.78. The van der Waals surface area contributed by atoms with E-state index in [0.717, 1.165) is 5.56 Å². The number of carbonyl (C=O) groups excluding carboxylic acids is 1. The normalized spacial score (nSPS) is 10.6. The summed E-state index contributed by atoms with van der Waals surface area (Å²) >= 11 is 0. The van der Waals surface area contributed by atoms with Gasteiger partial charge in [-0.1, -0.05) is 12.1 Å². The molecule has 0 aliphatic rings. The van der Waals surface area contributed by atoms with Crippen LogP contribution < -0.4 is 5.73 Å². The van der Waals surface area contributed by atoms with Gasteiger partial charge in [0.2, 0.25) is 0 Å². The van der Waals surface area contributed by atoms with E-state index in [1.807, 2.05) is 13.0 Å². The maximum atomic E-state index is 11.2. The van der Waals surface area contributed by atoms with Gasteiger partial charge in [0.15, 0.2) is 5.69 Å². The first kappa shape index (κ1) is 11.1. The smallest absolute Gasteiger partial charge is 0.325 e. The summed E-state index contributed by atoms with van der Waals surface area (Å²) in [7, 11) is 0. The standard InChI is InChI=1S/C11H11N3O3/c1-6-2-3-7-8(4-6)14(5-9(15)16)13-10(7)11(12)17/h2-4H,5H2,1H3,(H2,12,17)(H,15,16). The van der Waals surface area contributed by atoms with Gasteiger partial charge in [0.25, 0.3) is 5.91 Å². The summed E-state index contributed by atoms with van der Waals surface area (Å²) in [5, 5.41) is 13.3. The molecule has 1 amide bonds. The Labute approximate surface area is 96.6 Å². The minimum atomic E-state index is -1.02. The van der Waals surface area contributed by atoms with Crippen LogP contribution in [-0.4, -0.2) is 26.8 Å². The quantitative estimate of drug-likeness (QED) is 0.807. The van der Waals surface area contributed by atoms with Gasteiger partial charge in [-0.05, 0) is 18.6 Å². The third-order valence-electron chi connectivity index (χ3n) is 2.43. The zero-order chi connectivity index (χ0) is 12.6. The Morgan fingerprint density at radius 2 is 2.18 bits per heavy atom. The van der Waals surface area contributed by atoms with Crippen LogP contribution in [0.3, 0.4) is 0 Å². The molecule has 1 aromatic heterocycles. The molecule has 6 heteroatoms. The zero-order valence-electron chi connectivity index (χ0n) is 9.17. The largest absolute Gasteiger partial charge is 0.480 e. The molecule has 1 heterocycles. The van der Waals surface area contributed by atoms with Gasteiger partial charge in [0.1, 0.15) is 6.54 Å². The summed E-state index contributed by atoms with van der Waals surface area (Å²) in [4.78, 5) is 21.9. The maximum Gasteiger partial charge on any atom is 0.325 e. The van der Waals surface area contributed by atoms with Gasteiger partial charge in [-0.15, -0.1) is 0 Å². The van der Waals surface area contributed by atoms with Crippen molar-refractivity contribution in [1.29, 1.82) is 0 Å². The molecule has 0 bridgehead atoms. The van der Waals surface area contributed by atoms with E-state index in [1.165, 1.54) is 4.68 Å². The highest BCUT2D eigenvalue weighted by Crippen LogP contribution is 2.19. The summed E-state index contributed by atoms with van der Waals surface area (Å²) in [5.74, 6) is -1.69. The molecule has 1 aromatic carbocycles. The molecule has 0 atom stereocenters. The molecule has 3 N–H and O–H groups in total. The number of carboxylic acid groups (broad SMARTS) is 1. The fraction of sp³-hybridized carbons (Fsp3) is 0.182. The SMILES string of the molecule is Cc1ccc2c(C(N)=O)nn(CC(=O)O)c2c1. The predicted molar refractivity (Wildman–Crippen MR) is 60.6 cm³/mol. The van der Waals surface area contributed by atoms with Crippen molar-refractivity contribution in [1.82, 2.24) is 9.78 Å².